The average Bonchev–Trinajstić information content (AvgIpc) is 2.73. The van der Waals surface area contributed by atoms with Gasteiger partial charge in [0.2, 0.25) is 5.91 Å². The number of nitrogens with zero attached hydrogens (tertiary/aromatic N) is 1. The molecular formula is C22H29N3O2. The van der Waals surface area contributed by atoms with Crippen LogP contribution in [0.5, 0.6) is 5.75 Å². The predicted molar refractivity (Wildman–Crippen MR) is 111 cm³/mol. The molecular weight excluding hydrogens is 338 g/mol. The van der Waals surface area contributed by atoms with Gasteiger partial charge >= 0.3 is 0 Å². The molecule has 144 valence electrons. The van der Waals surface area contributed by atoms with Crippen LogP contribution in [0.3, 0.4) is 0 Å². The van der Waals surface area contributed by atoms with Crippen LogP contribution in [0.2, 0.25) is 0 Å². The van der Waals surface area contributed by atoms with Gasteiger partial charge in [-0.1, -0.05) is 12.1 Å². The van der Waals surface area contributed by atoms with Gasteiger partial charge in [-0.25, -0.2) is 0 Å². The number of anilines is 2. The van der Waals surface area contributed by atoms with Crippen molar-refractivity contribution in [2.45, 2.75) is 25.7 Å². The van der Waals surface area contributed by atoms with Crippen LogP contribution in [0.15, 0.2) is 48.5 Å². The third kappa shape index (κ3) is 6.00. The Balaban J connectivity index is 1.37. The molecule has 0 aromatic heterocycles. The molecule has 0 aliphatic carbocycles. The van der Waals surface area contributed by atoms with Crippen LogP contribution >= 0.6 is 0 Å². The molecule has 0 atom stereocenters. The van der Waals surface area contributed by atoms with E-state index >= 15 is 0 Å². The zero-order valence-electron chi connectivity index (χ0n) is 16.0. The number of hydrogen-bond acceptors (Lipinski definition) is 4. The summed E-state index contributed by atoms with van der Waals surface area (Å²) in [6.07, 6.45) is 4.74. The molecule has 1 heterocycles. The van der Waals surface area contributed by atoms with Crippen molar-refractivity contribution < 1.29 is 9.53 Å². The van der Waals surface area contributed by atoms with E-state index in [1.165, 1.54) is 30.5 Å². The van der Waals surface area contributed by atoms with E-state index in [0.717, 1.165) is 37.5 Å². The molecule has 1 aliphatic rings. The third-order valence-corrected chi connectivity index (χ3v) is 4.91. The van der Waals surface area contributed by atoms with Gasteiger partial charge < -0.3 is 20.3 Å². The summed E-state index contributed by atoms with van der Waals surface area (Å²) < 4.78 is 5.15. The smallest absolute Gasteiger partial charge is 0.238 e. The van der Waals surface area contributed by atoms with Crippen LogP contribution in [0.25, 0.3) is 0 Å². The lowest BCUT2D eigenvalue weighted by molar-refractivity contribution is -0.115. The van der Waals surface area contributed by atoms with E-state index in [9.17, 15) is 4.79 Å². The molecule has 3 rings (SSSR count). The van der Waals surface area contributed by atoms with Crippen LogP contribution in [0.4, 0.5) is 11.4 Å². The van der Waals surface area contributed by atoms with Crippen LogP contribution in [-0.4, -0.2) is 39.2 Å². The lowest BCUT2D eigenvalue weighted by Gasteiger charge is -2.28. The van der Waals surface area contributed by atoms with E-state index in [1.807, 2.05) is 36.4 Å². The van der Waals surface area contributed by atoms with Gasteiger partial charge in [-0.05, 0) is 74.2 Å². The lowest BCUT2D eigenvalue weighted by Crippen LogP contribution is -2.30. The van der Waals surface area contributed by atoms with Gasteiger partial charge in [0, 0.05) is 24.5 Å². The van der Waals surface area contributed by atoms with E-state index in [4.69, 9.17) is 4.74 Å². The first kappa shape index (κ1) is 19.2. The maximum absolute atomic E-state index is 12.1. The highest BCUT2D eigenvalue weighted by Gasteiger charge is 2.10. The highest BCUT2D eigenvalue weighted by Crippen LogP contribution is 2.21. The maximum atomic E-state index is 12.1. The number of methoxy groups -OCH3 is 1. The summed E-state index contributed by atoms with van der Waals surface area (Å²) in [6, 6.07) is 16.2. The fourth-order valence-electron chi connectivity index (χ4n) is 3.34. The van der Waals surface area contributed by atoms with Crippen molar-refractivity contribution in [2.24, 2.45) is 0 Å². The molecule has 1 aliphatic heterocycles. The molecule has 0 spiro atoms. The van der Waals surface area contributed by atoms with Crippen LogP contribution in [0.1, 0.15) is 24.8 Å². The molecule has 5 nitrogen and oxygen atoms in total. The van der Waals surface area contributed by atoms with Gasteiger partial charge in [-0.3, -0.25) is 4.79 Å². The second-order valence-electron chi connectivity index (χ2n) is 6.92. The minimum absolute atomic E-state index is 0.0181. The minimum atomic E-state index is -0.0181. The van der Waals surface area contributed by atoms with Gasteiger partial charge in [0.05, 0.1) is 13.7 Å². The summed E-state index contributed by atoms with van der Waals surface area (Å²) in [6.45, 7) is 3.32. The summed E-state index contributed by atoms with van der Waals surface area (Å²) in [5, 5.41) is 6.14. The van der Waals surface area contributed by atoms with Crippen molar-refractivity contribution in [3.05, 3.63) is 54.1 Å². The lowest BCUT2D eigenvalue weighted by atomic mass is 10.1. The zero-order valence-corrected chi connectivity index (χ0v) is 16.0. The van der Waals surface area contributed by atoms with E-state index in [2.05, 4.69) is 27.7 Å². The summed E-state index contributed by atoms with van der Waals surface area (Å²) >= 11 is 0. The third-order valence-electron chi connectivity index (χ3n) is 4.91. The predicted octanol–water partition coefficient (Wildman–Crippen LogP) is 3.46. The Kier molecular flexibility index (Phi) is 7.11. The van der Waals surface area contributed by atoms with Crippen LogP contribution in [0, 0.1) is 0 Å². The highest BCUT2D eigenvalue weighted by molar-refractivity contribution is 5.92. The monoisotopic (exact) mass is 367 g/mol. The number of rotatable bonds is 8. The van der Waals surface area contributed by atoms with Gasteiger partial charge in [0.1, 0.15) is 5.75 Å². The fraction of sp³-hybridized carbons (Fsp3) is 0.409. The summed E-state index contributed by atoms with van der Waals surface area (Å²) in [7, 11) is 1.66. The highest BCUT2D eigenvalue weighted by atomic mass is 16.5. The number of nitrogens with one attached hydrogen (secondary N) is 2. The molecule has 5 heteroatoms. The molecule has 1 saturated heterocycles. The van der Waals surface area contributed by atoms with E-state index < -0.39 is 0 Å². The average molecular weight is 367 g/mol. The van der Waals surface area contributed by atoms with Crippen molar-refractivity contribution in [1.82, 2.24) is 5.32 Å². The van der Waals surface area contributed by atoms with Crippen molar-refractivity contribution >= 4 is 17.3 Å². The van der Waals surface area contributed by atoms with Crippen molar-refractivity contribution in [2.75, 3.05) is 43.5 Å². The topological polar surface area (TPSA) is 53.6 Å². The molecule has 2 aromatic carbocycles. The quantitative estimate of drug-likeness (QED) is 0.702. The van der Waals surface area contributed by atoms with Gasteiger partial charge in [-0.15, -0.1) is 0 Å². The zero-order chi connectivity index (χ0) is 18.9. The Bertz CT molecular complexity index is 707. The largest absolute Gasteiger partial charge is 0.497 e. The summed E-state index contributed by atoms with van der Waals surface area (Å²) in [4.78, 5) is 14.5. The minimum Gasteiger partial charge on any atom is -0.497 e. The standard InChI is InChI=1S/C22H29N3O2/c1-27-21-11-5-18(6-12-21)13-14-23-17-22(26)24-19-7-9-20(10-8-19)25-15-3-2-4-16-25/h5-12,23H,2-4,13-17H2,1H3,(H,24,26). The Labute approximate surface area is 161 Å². The fourth-order valence-corrected chi connectivity index (χ4v) is 3.34. The van der Waals surface area contributed by atoms with Crippen molar-refractivity contribution in [1.29, 1.82) is 0 Å². The molecule has 0 bridgehead atoms. The number of carbonyl (C=O) groups is 1. The van der Waals surface area contributed by atoms with Gasteiger partial charge in [0.15, 0.2) is 0 Å². The molecule has 1 fully saturated rings. The second kappa shape index (κ2) is 9.97. The maximum Gasteiger partial charge on any atom is 0.238 e. The van der Waals surface area contributed by atoms with E-state index in [1.54, 1.807) is 7.11 Å². The number of benzene rings is 2. The van der Waals surface area contributed by atoms with E-state index in [-0.39, 0.29) is 5.91 Å². The number of piperidine rings is 1. The number of amides is 1. The summed E-state index contributed by atoms with van der Waals surface area (Å²) in [5.74, 6) is 0.841. The van der Waals surface area contributed by atoms with Crippen LogP contribution < -0.4 is 20.3 Å². The Morgan fingerprint density at radius 2 is 1.70 bits per heavy atom. The summed E-state index contributed by atoms with van der Waals surface area (Å²) in [5.41, 5.74) is 3.31. The van der Waals surface area contributed by atoms with Crippen molar-refractivity contribution in [3.63, 3.8) is 0 Å². The molecule has 0 radical (unpaired) electrons. The Hall–Kier alpha value is -2.53. The first-order valence-electron chi connectivity index (χ1n) is 9.73. The molecule has 1 amide bonds. The van der Waals surface area contributed by atoms with E-state index in [0.29, 0.717) is 6.54 Å². The second-order valence-corrected chi connectivity index (χ2v) is 6.92. The molecule has 2 N–H and O–H groups in total. The normalized spacial score (nSPS) is 14.0. The molecule has 2 aromatic rings. The molecule has 0 unspecified atom stereocenters. The first-order valence-corrected chi connectivity index (χ1v) is 9.73. The van der Waals surface area contributed by atoms with Gasteiger partial charge in [0.25, 0.3) is 0 Å². The first-order chi connectivity index (χ1) is 13.2. The van der Waals surface area contributed by atoms with Gasteiger partial charge in [-0.2, -0.15) is 0 Å². The number of carbonyl (C=O) groups excluding carboxylic acids is 1. The molecule has 0 saturated carbocycles. The van der Waals surface area contributed by atoms with Crippen molar-refractivity contribution in [3.8, 4) is 5.75 Å². The van der Waals surface area contributed by atoms with Crippen LogP contribution in [-0.2, 0) is 11.2 Å². The number of ether oxygens (including phenoxy) is 1. The number of hydrogen-bond donors (Lipinski definition) is 2. The Morgan fingerprint density at radius 3 is 2.37 bits per heavy atom. The Morgan fingerprint density at radius 1 is 1.00 bits per heavy atom. The SMILES string of the molecule is COc1ccc(CCNCC(=O)Nc2ccc(N3CCCCC3)cc2)cc1. The molecule has 27 heavy (non-hydrogen) atoms.